The zero-order valence-electron chi connectivity index (χ0n) is 10.1. The van der Waals surface area contributed by atoms with Crippen molar-refractivity contribution in [3.05, 3.63) is 47.2 Å². The van der Waals surface area contributed by atoms with Gasteiger partial charge in [-0.25, -0.2) is 9.97 Å². The van der Waals surface area contributed by atoms with Crippen molar-refractivity contribution >= 4 is 29.1 Å². The molecule has 18 heavy (non-hydrogen) atoms. The fraction of sp³-hybridized carbons (Fsp3) is 0.231. The van der Waals surface area contributed by atoms with Crippen LogP contribution < -0.4 is 5.32 Å². The van der Waals surface area contributed by atoms with E-state index in [9.17, 15) is 0 Å². The lowest BCUT2D eigenvalue weighted by molar-refractivity contribution is 0.931. The fourth-order valence-corrected chi connectivity index (χ4v) is 2.36. The van der Waals surface area contributed by atoms with Crippen LogP contribution in [0.4, 0.5) is 5.69 Å². The van der Waals surface area contributed by atoms with Gasteiger partial charge in [0, 0.05) is 24.2 Å². The van der Waals surface area contributed by atoms with Crippen molar-refractivity contribution in [3.63, 3.8) is 0 Å². The molecule has 1 heterocycles. The average molecular weight is 280 g/mol. The number of nitrogens with one attached hydrogen (secondary N) is 1. The maximum absolute atomic E-state index is 6.05. The first-order chi connectivity index (χ1) is 8.75. The number of aryl methyl sites for hydroxylation is 1. The standard InChI is InChI=1S/C13H14ClN3S/c1-10-6-7-16-13(17-10)18-9-8-15-12-5-3-2-4-11(12)14/h2-7,15H,8-9H2,1H3. The number of para-hydroxylation sites is 1. The van der Waals surface area contributed by atoms with Gasteiger partial charge in [-0.15, -0.1) is 0 Å². The van der Waals surface area contributed by atoms with Crippen LogP contribution in [0.1, 0.15) is 5.69 Å². The SMILES string of the molecule is Cc1ccnc(SCCNc2ccccc2Cl)n1. The molecule has 2 rings (SSSR count). The van der Waals surface area contributed by atoms with Crippen molar-refractivity contribution < 1.29 is 0 Å². The number of aromatic nitrogens is 2. The molecule has 2 aromatic rings. The topological polar surface area (TPSA) is 37.8 Å². The molecule has 0 aliphatic heterocycles. The number of hydrogen-bond acceptors (Lipinski definition) is 4. The largest absolute Gasteiger partial charge is 0.383 e. The molecule has 0 saturated heterocycles. The van der Waals surface area contributed by atoms with E-state index >= 15 is 0 Å². The third kappa shape index (κ3) is 3.89. The van der Waals surface area contributed by atoms with Gasteiger partial charge in [0.2, 0.25) is 0 Å². The lowest BCUT2D eigenvalue weighted by Crippen LogP contribution is -2.04. The minimum absolute atomic E-state index is 0.745. The molecule has 94 valence electrons. The number of anilines is 1. The highest BCUT2D eigenvalue weighted by molar-refractivity contribution is 7.99. The third-order valence-electron chi connectivity index (χ3n) is 2.30. The highest BCUT2D eigenvalue weighted by atomic mass is 35.5. The van der Waals surface area contributed by atoms with E-state index < -0.39 is 0 Å². The normalized spacial score (nSPS) is 10.3. The molecule has 0 unspecified atom stereocenters. The average Bonchev–Trinajstić information content (AvgIpc) is 2.37. The summed E-state index contributed by atoms with van der Waals surface area (Å²) in [6.07, 6.45) is 1.78. The summed E-state index contributed by atoms with van der Waals surface area (Å²) in [7, 11) is 0. The zero-order valence-corrected chi connectivity index (χ0v) is 11.6. The summed E-state index contributed by atoms with van der Waals surface area (Å²) in [6.45, 7) is 2.79. The van der Waals surface area contributed by atoms with E-state index in [1.165, 1.54) is 0 Å². The summed E-state index contributed by atoms with van der Waals surface area (Å²) in [5, 5.41) is 4.85. The van der Waals surface area contributed by atoms with Gasteiger partial charge in [0.1, 0.15) is 0 Å². The summed E-state index contributed by atoms with van der Waals surface area (Å²) in [5.74, 6) is 0.897. The number of halogens is 1. The predicted octanol–water partition coefficient (Wildman–Crippen LogP) is 3.64. The summed E-state index contributed by atoms with van der Waals surface area (Å²) in [6, 6.07) is 9.62. The molecule has 0 atom stereocenters. The minimum atomic E-state index is 0.745. The van der Waals surface area contributed by atoms with E-state index in [2.05, 4.69) is 15.3 Å². The van der Waals surface area contributed by atoms with E-state index in [0.29, 0.717) is 0 Å². The summed E-state index contributed by atoms with van der Waals surface area (Å²) >= 11 is 7.68. The highest BCUT2D eigenvalue weighted by Crippen LogP contribution is 2.20. The van der Waals surface area contributed by atoms with Crippen LogP contribution >= 0.6 is 23.4 Å². The maximum Gasteiger partial charge on any atom is 0.187 e. The van der Waals surface area contributed by atoms with Gasteiger partial charge in [0.25, 0.3) is 0 Å². The molecule has 0 aliphatic rings. The third-order valence-corrected chi connectivity index (χ3v) is 3.49. The van der Waals surface area contributed by atoms with Gasteiger partial charge < -0.3 is 5.32 Å². The Morgan fingerprint density at radius 3 is 2.89 bits per heavy atom. The Kier molecular flexibility index (Phi) is 4.84. The first kappa shape index (κ1) is 13.2. The van der Waals surface area contributed by atoms with Crippen LogP contribution in [0.2, 0.25) is 5.02 Å². The van der Waals surface area contributed by atoms with E-state index in [1.807, 2.05) is 37.3 Å². The van der Waals surface area contributed by atoms with Crippen LogP contribution in [0.15, 0.2) is 41.7 Å². The van der Waals surface area contributed by atoms with Crippen molar-refractivity contribution in [2.45, 2.75) is 12.1 Å². The molecule has 0 spiro atoms. The molecule has 0 bridgehead atoms. The Balaban J connectivity index is 1.78. The molecule has 0 saturated carbocycles. The fourth-order valence-electron chi connectivity index (χ4n) is 1.43. The number of hydrogen-bond donors (Lipinski definition) is 1. The molecule has 0 amide bonds. The van der Waals surface area contributed by atoms with E-state index in [-0.39, 0.29) is 0 Å². The van der Waals surface area contributed by atoms with Crippen molar-refractivity contribution in [1.29, 1.82) is 0 Å². The quantitative estimate of drug-likeness (QED) is 0.515. The highest BCUT2D eigenvalue weighted by Gasteiger charge is 1.99. The number of nitrogens with zero attached hydrogens (tertiary/aromatic N) is 2. The summed E-state index contributed by atoms with van der Waals surface area (Å²) in [4.78, 5) is 8.53. The van der Waals surface area contributed by atoms with E-state index in [1.54, 1.807) is 18.0 Å². The number of benzene rings is 1. The van der Waals surface area contributed by atoms with Gasteiger partial charge in [0.05, 0.1) is 10.7 Å². The van der Waals surface area contributed by atoms with E-state index in [4.69, 9.17) is 11.6 Å². The van der Waals surface area contributed by atoms with Gasteiger partial charge in [-0.3, -0.25) is 0 Å². The van der Waals surface area contributed by atoms with Crippen molar-refractivity contribution in [1.82, 2.24) is 9.97 Å². The Bertz CT molecular complexity index is 519. The number of rotatable bonds is 5. The van der Waals surface area contributed by atoms with Crippen molar-refractivity contribution in [2.75, 3.05) is 17.6 Å². The summed E-state index contributed by atoms with van der Waals surface area (Å²) < 4.78 is 0. The van der Waals surface area contributed by atoms with Gasteiger partial charge in [0.15, 0.2) is 5.16 Å². The van der Waals surface area contributed by atoms with Gasteiger partial charge >= 0.3 is 0 Å². The molecule has 1 N–H and O–H groups in total. The predicted molar refractivity (Wildman–Crippen MR) is 77.4 cm³/mol. The van der Waals surface area contributed by atoms with Gasteiger partial charge in [-0.05, 0) is 25.1 Å². The monoisotopic (exact) mass is 279 g/mol. The second-order valence-corrected chi connectivity index (χ2v) is 5.20. The van der Waals surface area contributed by atoms with Crippen LogP contribution in [-0.2, 0) is 0 Å². The van der Waals surface area contributed by atoms with Crippen LogP contribution in [0, 0.1) is 6.92 Å². The zero-order chi connectivity index (χ0) is 12.8. The van der Waals surface area contributed by atoms with Crippen LogP contribution in [-0.4, -0.2) is 22.3 Å². The molecule has 1 aromatic carbocycles. The molecule has 0 radical (unpaired) electrons. The lowest BCUT2D eigenvalue weighted by atomic mass is 10.3. The number of thioether (sulfide) groups is 1. The van der Waals surface area contributed by atoms with Crippen LogP contribution in [0.25, 0.3) is 0 Å². The Morgan fingerprint density at radius 1 is 1.28 bits per heavy atom. The Labute approximate surface area is 116 Å². The minimum Gasteiger partial charge on any atom is -0.383 e. The molecule has 0 aliphatic carbocycles. The first-order valence-corrected chi connectivity index (χ1v) is 7.03. The van der Waals surface area contributed by atoms with Crippen LogP contribution in [0.3, 0.4) is 0 Å². The Morgan fingerprint density at radius 2 is 2.11 bits per heavy atom. The van der Waals surface area contributed by atoms with Gasteiger partial charge in [-0.1, -0.05) is 35.5 Å². The van der Waals surface area contributed by atoms with Gasteiger partial charge in [-0.2, -0.15) is 0 Å². The molecular weight excluding hydrogens is 266 g/mol. The maximum atomic E-state index is 6.05. The molecule has 3 nitrogen and oxygen atoms in total. The molecule has 5 heteroatoms. The van der Waals surface area contributed by atoms with Crippen molar-refractivity contribution in [2.24, 2.45) is 0 Å². The Hall–Kier alpha value is -1.26. The van der Waals surface area contributed by atoms with Crippen LogP contribution in [0.5, 0.6) is 0 Å². The first-order valence-electron chi connectivity index (χ1n) is 5.66. The smallest absolute Gasteiger partial charge is 0.187 e. The molecule has 1 aromatic heterocycles. The van der Waals surface area contributed by atoms with Crippen molar-refractivity contribution in [3.8, 4) is 0 Å². The second kappa shape index (κ2) is 6.61. The van der Waals surface area contributed by atoms with E-state index in [0.717, 1.165) is 33.9 Å². The second-order valence-electron chi connectivity index (χ2n) is 3.74. The molecular formula is C13H14ClN3S. The summed E-state index contributed by atoms with van der Waals surface area (Å²) in [5.41, 5.74) is 1.96. The lowest BCUT2D eigenvalue weighted by Gasteiger charge is -2.07. The molecule has 0 fully saturated rings.